The molecule has 1 amide bonds. The number of aliphatic carboxylic acids is 1. The Balaban J connectivity index is 0. The standard InChI is InChI=1S/C14H26N2O5S2.Zn/c1-9(21-12(18)8-15)13(14(19)20)16-11(17)5-3-2-4-10(23)6-7-22;/h9-10,13,22-23H,2-8,15H2,1H3,(H,16,17)(H,19,20);/q;+2/t9-,10?,13+;/m1./s1. The van der Waals surface area contributed by atoms with Crippen LogP contribution in [0.5, 0.6) is 0 Å². The van der Waals surface area contributed by atoms with Crippen LogP contribution in [0, 0.1) is 0 Å². The van der Waals surface area contributed by atoms with Crippen LogP contribution in [0.1, 0.15) is 39.0 Å². The number of carboxylic acid groups (broad SMARTS) is 1. The van der Waals surface area contributed by atoms with E-state index < -0.39 is 30.0 Å². The number of carbonyl (C=O) groups is 3. The molecule has 0 aromatic heterocycles. The predicted molar refractivity (Wildman–Crippen MR) is 93.9 cm³/mol. The van der Waals surface area contributed by atoms with E-state index in [0.29, 0.717) is 6.42 Å². The molecule has 0 bridgehead atoms. The van der Waals surface area contributed by atoms with E-state index in [0.717, 1.165) is 25.0 Å². The molecule has 134 valence electrons. The third kappa shape index (κ3) is 12.1. The summed E-state index contributed by atoms with van der Waals surface area (Å²) in [4.78, 5) is 34.1. The van der Waals surface area contributed by atoms with E-state index in [4.69, 9.17) is 15.6 Å². The zero-order valence-electron chi connectivity index (χ0n) is 13.9. The average Bonchev–Trinajstić information content (AvgIpc) is 2.48. The number of hydrogen-bond donors (Lipinski definition) is 5. The maximum absolute atomic E-state index is 11.8. The van der Waals surface area contributed by atoms with Crippen molar-refractivity contribution in [2.24, 2.45) is 5.73 Å². The maximum atomic E-state index is 11.8. The topological polar surface area (TPSA) is 119 Å². The van der Waals surface area contributed by atoms with Gasteiger partial charge in [0.25, 0.3) is 0 Å². The molecular weight excluding hydrogens is 406 g/mol. The fraction of sp³-hybridized carbons (Fsp3) is 0.786. The van der Waals surface area contributed by atoms with Gasteiger partial charge in [0.1, 0.15) is 6.10 Å². The third-order valence-electron chi connectivity index (χ3n) is 3.19. The monoisotopic (exact) mass is 430 g/mol. The zero-order chi connectivity index (χ0) is 17.8. The van der Waals surface area contributed by atoms with Crippen LogP contribution in [0.25, 0.3) is 0 Å². The van der Waals surface area contributed by atoms with Gasteiger partial charge in [-0.1, -0.05) is 6.42 Å². The number of nitrogens with two attached hydrogens (primary N) is 1. The van der Waals surface area contributed by atoms with Gasteiger partial charge < -0.3 is 20.9 Å². The summed E-state index contributed by atoms with van der Waals surface area (Å²) in [5.74, 6) is -1.60. The second-order valence-electron chi connectivity index (χ2n) is 5.19. The van der Waals surface area contributed by atoms with Crippen molar-refractivity contribution in [2.45, 2.75) is 56.4 Å². The van der Waals surface area contributed by atoms with Gasteiger partial charge in [0, 0.05) is 11.7 Å². The van der Waals surface area contributed by atoms with Gasteiger partial charge in [-0.25, -0.2) is 4.79 Å². The van der Waals surface area contributed by atoms with Crippen LogP contribution in [0.4, 0.5) is 0 Å². The van der Waals surface area contributed by atoms with Crippen molar-refractivity contribution in [3.8, 4) is 0 Å². The van der Waals surface area contributed by atoms with Gasteiger partial charge in [-0.2, -0.15) is 25.3 Å². The molecule has 0 rings (SSSR count). The Kier molecular flexibility index (Phi) is 16.2. The van der Waals surface area contributed by atoms with Crippen molar-refractivity contribution in [2.75, 3.05) is 12.3 Å². The summed E-state index contributed by atoms with van der Waals surface area (Å²) in [5.41, 5.74) is 5.10. The molecule has 0 aromatic rings. The summed E-state index contributed by atoms with van der Waals surface area (Å²) < 4.78 is 4.83. The summed E-state index contributed by atoms with van der Waals surface area (Å²) in [6.45, 7) is 1.05. The largest absolute Gasteiger partial charge is 2.00 e. The molecule has 1 unspecified atom stereocenters. The molecule has 7 nitrogen and oxygen atoms in total. The summed E-state index contributed by atoms with van der Waals surface area (Å²) in [7, 11) is 0. The molecule has 0 spiro atoms. The summed E-state index contributed by atoms with van der Waals surface area (Å²) in [6.07, 6.45) is 2.46. The first-order valence-electron chi connectivity index (χ1n) is 7.52. The number of ether oxygens (including phenoxy) is 1. The third-order valence-corrected chi connectivity index (χ3v) is 3.96. The van der Waals surface area contributed by atoms with Crippen LogP contribution in [-0.2, 0) is 38.6 Å². The van der Waals surface area contributed by atoms with Crippen LogP contribution >= 0.6 is 25.3 Å². The smallest absolute Gasteiger partial charge is 0.480 e. The number of nitrogens with one attached hydrogen (secondary N) is 1. The number of amides is 1. The second kappa shape index (κ2) is 15.0. The van der Waals surface area contributed by atoms with E-state index in [2.05, 4.69) is 30.6 Å². The Morgan fingerprint density at radius 1 is 1.25 bits per heavy atom. The normalized spacial score (nSPS) is 14.0. The number of carboxylic acids is 1. The van der Waals surface area contributed by atoms with Gasteiger partial charge in [-0.3, -0.25) is 9.59 Å². The molecule has 0 saturated carbocycles. The Hall–Kier alpha value is -0.307. The quantitative estimate of drug-likeness (QED) is 0.134. The molecule has 0 aliphatic heterocycles. The van der Waals surface area contributed by atoms with Crippen LogP contribution in [0.15, 0.2) is 0 Å². The minimum absolute atomic E-state index is 0. The molecule has 3 atom stereocenters. The second-order valence-corrected chi connectivity index (χ2v) is 6.37. The first-order chi connectivity index (χ1) is 10.8. The molecule has 24 heavy (non-hydrogen) atoms. The van der Waals surface area contributed by atoms with Crippen LogP contribution in [0.3, 0.4) is 0 Å². The van der Waals surface area contributed by atoms with E-state index in [9.17, 15) is 14.4 Å². The molecule has 0 fully saturated rings. The van der Waals surface area contributed by atoms with Crippen molar-refractivity contribution < 1.29 is 43.7 Å². The minimum Gasteiger partial charge on any atom is -0.480 e. The molecule has 0 heterocycles. The molecule has 0 aromatic carbocycles. The van der Waals surface area contributed by atoms with Gasteiger partial charge in [-0.05, 0) is 31.9 Å². The van der Waals surface area contributed by atoms with Gasteiger partial charge in [0.15, 0.2) is 6.04 Å². The first kappa shape index (κ1) is 25.9. The van der Waals surface area contributed by atoms with Crippen molar-refractivity contribution in [1.82, 2.24) is 5.32 Å². The number of rotatable bonds is 12. The van der Waals surface area contributed by atoms with Gasteiger partial charge in [0.05, 0.1) is 6.54 Å². The predicted octanol–water partition coefficient (Wildman–Crippen LogP) is 0.622. The van der Waals surface area contributed by atoms with E-state index in [-0.39, 0.29) is 37.7 Å². The minimum atomic E-state index is -1.29. The summed E-state index contributed by atoms with van der Waals surface area (Å²) >= 11 is 8.53. The zero-order valence-corrected chi connectivity index (χ0v) is 18.7. The fourth-order valence-corrected chi connectivity index (χ4v) is 2.73. The number of thiol groups is 2. The van der Waals surface area contributed by atoms with E-state index >= 15 is 0 Å². The van der Waals surface area contributed by atoms with Crippen molar-refractivity contribution in [1.29, 1.82) is 0 Å². The van der Waals surface area contributed by atoms with Crippen LogP contribution < -0.4 is 11.1 Å². The molecule has 0 saturated heterocycles. The van der Waals surface area contributed by atoms with E-state index in [1.54, 1.807) is 0 Å². The Morgan fingerprint density at radius 2 is 1.88 bits per heavy atom. The number of esters is 1. The van der Waals surface area contributed by atoms with Crippen LogP contribution in [0.2, 0.25) is 0 Å². The van der Waals surface area contributed by atoms with Crippen molar-refractivity contribution >= 4 is 43.1 Å². The van der Waals surface area contributed by atoms with E-state index in [1.165, 1.54) is 6.92 Å². The average molecular weight is 432 g/mol. The molecule has 4 N–H and O–H groups in total. The summed E-state index contributed by atoms with van der Waals surface area (Å²) in [6, 6.07) is -1.29. The number of hydrogen-bond acceptors (Lipinski definition) is 7. The first-order valence-corrected chi connectivity index (χ1v) is 8.67. The molecular formula is C14H26N2O5S2Zn+2. The number of carbonyl (C=O) groups excluding carboxylic acids is 2. The van der Waals surface area contributed by atoms with Gasteiger partial charge in [0.2, 0.25) is 5.91 Å². The van der Waals surface area contributed by atoms with E-state index in [1.807, 2.05) is 0 Å². The van der Waals surface area contributed by atoms with Crippen molar-refractivity contribution in [3.05, 3.63) is 0 Å². The SMILES string of the molecule is C[C@@H](OC(=O)CN)[C@H](NC(=O)CCCCC(S)CCS)C(=O)O.[Zn+2]. The van der Waals surface area contributed by atoms with Crippen LogP contribution in [-0.4, -0.2) is 52.6 Å². The Labute approximate surface area is 166 Å². The van der Waals surface area contributed by atoms with Gasteiger partial charge in [-0.15, -0.1) is 0 Å². The van der Waals surface area contributed by atoms with Crippen molar-refractivity contribution in [3.63, 3.8) is 0 Å². The molecule has 0 radical (unpaired) electrons. The van der Waals surface area contributed by atoms with Gasteiger partial charge >= 0.3 is 31.4 Å². The maximum Gasteiger partial charge on any atom is 2.00 e. The summed E-state index contributed by atoms with van der Waals surface area (Å²) in [5, 5.41) is 11.8. The Bertz CT molecular complexity index is 401. The molecule has 0 aliphatic carbocycles. The fourth-order valence-electron chi connectivity index (χ4n) is 1.91. The molecule has 0 aliphatic rings. The number of unbranched alkanes of at least 4 members (excludes halogenated alkanes) is 1. The Morgan fingerprint density at radius 3 is 2.38 bits per heavy atom. The molecule has 10 heteroatoms.